The van der Waals surface area contributed by atoms with Gasteiger partial charge in [0, 0.05) is 17.5 Å². The van der Waals surface area contributed by atoms with Crippen LogP contribution in [0, 0.1) is 5.82 Å². The maximum Gasteiger partial charge on any atom is 0.327 e. The first kappa shape index (κ1) is 15.5. The van der Waals surface area contributed by atoms with Gasteiger partial charge in [-0.05, 0) is 36.1 Å². The van der Waals surface area contributed by atoms with Crippen molar-refractivity contribution in [1.82, 2.24) is 5.32 Å². The molecule has 2 aromatic rings. The summed E-state index contributed by atoms with van der Waals surface area (Å²) in [5.41, 5.74) is 0.336. The molecule has 0 spiro atoms. The first-order valence-electron chi connectivity index (χ1n) is 6.52. The summed E-state index contributed by atoms with van der Waals surface area (Å²) in [6.07, 6.45) is 0. The van der Waals surface area contributed by atoms with Gasteiger partial charge in [0.15, 0.2) is 0 Å². The Labute approximate surface area is 126 Å². The number of rotatable bonds is 6. The highest BCUT2D eigenvalue weighted by atomic mass is 32.1. The zero-order valence-corrected chi connectivity index (χ0v) is 12.3. The minimum atomic E-state index is -0.825. The van der Waals surface area contributed by atoms with Crippen LogP contribution in [0.15, 0.2) is 35.7 Å². The Kier molecular flexibility index (Phi) is 5.30. The summed E-state index contributed by atoms with van der Waals surface area (Å²) < 4.78 is 18.4. The second-order valence-corrected chi connectivity index (χ2v) is 5.42. The molecule has 4 nitrogen and oxygen atoms in total. The first-order valence-corrected chi connectivity index (χ1v) is 7.40. The topological polar surface area (TPSA) is 58.6 Å². The number of hydrogen-bond donors (Lipinski definition) is 2. The second-order valence-electron chi connectivity index (χ2n) is 4.39. The molecule has 0 fully saturated rings. The minimum absolute atomic E-state index is 0.225. The van der Waals surface area contributed by atoms with Crippen molar-refractivity contribution in [2.75, 3.05) is 6.61 Å². The fraction of sp³-hybridized carbons (Fsp3) is 0.267. The maximum atomic E-state index is 13.4. The number of thiophene rings is 1. The minimum Gasteiger partial charge on any atom is -0.508 e. The Balaban J connectivity index is 2.20. The van der Waals surface area contributed by atoms with Crippen molar-refractivity contribution >= 4 is 17.3 Å². The highest BCUT2D eigenvalue weighted by molar-refractivity contribution is 7.09. The van der Waals surface area contributed by atoms with Crippen LogP contribution in [0.5, 0.6) is 5.75 Å². The molecule has 2 rings (SSSR count). The molecule has 2 N–H and O–H groups in total. The fourth-order valence-electron chi connectivity index (χ4n) is 1.94. The van der Waals surface area contributed by atoms with Crippen LogP contribution in [0.1, 0.15) is 23.4 Å². The van der Waals surface area contributed by atoms with Gasteiger partial charge in [0.25, 0.3) is 0 Å². The van der Waals surface area contributed by atoms with Crippen LogP contribution >= 0.6 is 11.3 Å². The Morgan fingerprint density at radius 3 is 2.90 bits per heavy atom. The monoisotopic (exact) mass is 309 g/mol. The molecule has 0 aliphatic heterocycles. The average Bonchev–Trinajstić information content (AvgIpc) is 2.91. The molecule has 1 heterocycles. The molecule has 1 unspecified atom stereocenters. The molecule has 0 aliphatic rings. The summed E-state index contributed by atoms with van der Waals surface area (Å²) in [6, 6.07) is 6.58. The molecule has 0 saturated carbocycles. The van der Waals surface area contributed by atoms with E-state index in [1.807, 2.05) is 17.5 Å². The van der Waals surface area contributed by atoms with Crippen molar-refractivity contribution in [3.63, 3.8) is 0 Å². The SMILES string of the molecule is CCOC(=O)C(NCc1cccs1)c1cc(O)cc(F)c1. The number of phenolic OH excluding ortho intramolecular Hbond substituents is 1. The van der Waals surface area contributed by atoms with Crippen LogP contribution in [-0.4, -0.2) is 17.7 Å². The zero-order valence-electron chi connectivity index (χ0n) is 11.5. The number of carbonyl (C=O) groups excluding carboxylic acids is 1. The lowest BCUT2D eigenvalue weighted by atomic mass is 10.1. The van der Waals surface area contributed by atoms with Gasteiger partial charge in [-0.2, -0.15) is 0 Å². The van der Waals surface area contributed by atoms with Gasteiger partial charge < -0.3 is 9.84 Å². The van der Waals surface area contributed by atoms with Crippen LogP contribution in [0.25, 0.3) is 0 Å². The average molecular weight is 309 g/mol. The Bertz CT molecular complexity index is 581. The third kappa shape index (κ3) is 4.27. The van der Waals surface area contributed by atoms with E-state index in [1.54, 1.807) is 18.3 Å². The van der Waals surface area contributed by atoms with E-state index in [0.717, 1.165) is 10.9 Å². The molecule has 112 valence electrons. The molecule has 1 aromatic carbocycles. The number of hydrogen-bond acceptors (Lipinski definition) is 5. The van der Waals surface area contributed by atoms with Crippen LogP contribution in [0.3, 0.4) is 0 Å². The summed E-state index contributed by atoms with van der Waals surface area (Å²) in [7, 11) is 0. The van der Waals surface area contributed by atoms with Crippen LogP contribution in [0.2, 0.25) is 0 Å². The molecular weight excluding hydrogens is 293 g/mol. The Morgan fingerprint density at radius 2 is 2.29 bits per heavy atom. The van der Waals surface area contributed by atoms with Gasteiger partial charge in [-0.15, -0.1) is 11.3 Å². The van der Waals surface area contributed by atoms with Crippen LogP contribution < -0.4 is 5.32 Å². The van der Waals surface area contributed by atoms with E-state index in [1.165, 1.54) is 12.1 Å². The van der Waals surface area contributed by atoms with Crippen molar-refractivity contribution in [2.24, 2.45) is 0 Å². The fourth-order valence-corrected chi connectivity index (χ4v) is 2.60. The predicted molar refractivity (Wildman–Crippen MR) is 78.6 cm³/mol. The number of halogens is 1. The molecule has 21 heavy (non-hydrogen) atoms. The number of nitrogens with one attached hydrogen (secondary N) is 1. The standard InChI is InChI=1S/C15H16FNO3S/c1-2-20-15(19)14(17-9-13-4-3-5-21-13)10-6-11(16)8-12(18)7-10/h3-8,14,17-18H,2,9H2,1H3. The largest absolute Gasteiger partial charge is 0.508 e. The summed E-state index contributed by atoms with van der Waals surface area (Å²) in [6.45, 7) is 2.40. The number of benzene rings is 1. The van der Waals surface area contributed by atoms with Gasteiger partial charge in [-0.25, -0.2) is 9.18 Å². The van der Waals surface area contributed by atoms with E-state index in [-0.39, 0.29) is 12.4 Å². The number of aromatic hydroxyl groups is 1. The third-order valence-corrected chi connectivity index (χ3v) is 3.70. The van der Waals surface area contributed by atoms with Crippen molar-refractivity contribution in [1.29, 1.82) is 0 Å². The molecular formula is C15H16FNO3S. The van der Waals surface area contributed by atoms with E-state index in [0.29, 0.717) is 12.1 Å². The van der Waals surface area contributed by atoms with Crippen molar-refractivity contribution in [2.45, 2.75) is 19.5 Å². The van der Waals surface area contributed by atoms with Crippen molar-refractivity contribution < 1.29 is 19.0 Å². The van der Waals surface area contributed by atoms with Gasteiger partial charge in [0.1, 0.15) is 17.6 Å². The van der Waals surface area contributed by atoms with Gasteiger partial charge in [-0.1, -0.05) is 6.07 Å². The number of carbonyl (C=O) groups is 1. The smallest absolute Gasteiger partial charge is 0.327 e. The molecule has 0 radical (unpaired) electrons. The lowest BCUT2D eigenvalue weighted by Gasteiger charge is -2.17. The molecule has 1 atom stereocenters. The summed E-state index contributed by atoms with van der Waals surface area (Å²) >= 11 is 1.55. The van der Waals surface area contributed by atoms with E-state index in [2.05, 4.69) is 5.32 Å². The Morgan fingerprint density at radius 1 is 1.48 bits per heavy atom. The summed E-state index contributed by atoms with van der Waals surface area (Å²) in [5.74, 6) is -1.33. The number of phenols is 1. The first-order chi connectivity index (χ1) is 10.1. The normalized spacial score (nSPS) is 12.1. The van der Waals surface area contributed by atoms with E-state index in [9.17, 15) is 14.3 Å². The van der Waals surface area contributed by atoms with Gasteiger partial charge in [-0.3, -0.25) is 5.32 Å². The summed E-state index contributed by atoms with van der Waals surface area (Å²) in [5, 5.41) is 14.5. The molecule has 0 saturated heterocycles. The molecule has 1 aromatic heterocycles. The van der Waals surface area contributed by atoms with Crippen molar-refractivity contribution in [3.8, 4) is 5.75 Å². The quantitative estimate of drug-likeness (QED) is 0.805. The predicted octanol–water partition coefficient (Wildman–Crippen LogP) is 2.99. The van der Waals surface area contributed by atoms with Crippen LogP contribution in [-0.2, 0) is 16.1 Å². The number of esters is 1. The maximum absolute atomic E-state index is 13.4. The third-order valence-electron chi connectivity index (χ3n) is 2.82. The highest BCUT2D eigenvalue weighted by Gasteiger charge is 2.22. The van der Waals surface area contributed by atoms with Crippen LogP contribution in [0.4, 0.5) is 4.39 Å². The lowest BCUT2D eigenvalue weighted by Crippen LogP contribution is -2.29. The molecule has 0 amide bonds. The molecule has 6 heteroatoms. The lowest BCUT2D eigenvalue weighted by molar-refractivity contribution is -0.145. The van der Waals surface area contributed by atoms with Crippen molar-refractivity contribution in [3.05, 3.63) is 52.0 Å². The Hall–Kier alpha value is -1.92. The van der Waals surface area contributed by atoms with Gasteiger partial charge in [0.2, 0.25) is 0 Å². The molecule has 0 bridgehead atoms. The second kappa shape index (κ2) is 7.19. The van der Waals surface area contributed by atoms with E-state index in [4.69, 9.17) is 4.74 Å². The molecule has 0 aliphatic carbocycles. The zero-order chi connectivity index (χ0) is 15.2. The summed E-state index contributed by atoms with van der Waals surface area (Å²) in [4.78, 5) is 13.1. The highest BCUT2D eigenvalue weighted by Crippen LogP contribution is 2.22. The van der Waals surface area contributed by atoms with E-state index < -0.39 is 17.8 Å². The number of ether oxygens (including phenoxy) is 1. The van der Waals surface area contributed by atoms with Gasteiger partial charge >= 0.3 is 5.97 Å². The van der Waals surface area contributed by atoms with E-state index >= 15 is 0 Å². The van der Waals surface area contributed by atoms with Gasteiger partial charge in [0.05, 0.1) is 6.61 Å².